The minimum Gasteiger partial charge on any atom is -0.308 e. The highest BCUT2D eigenvalue weighted by Crippen LogP contribution is 2.22. The van der Waals surface area contributed by atoms with Crippen LogP contribution in [0.2, 0.25) is 0 Å². The second-order valence-electron chi connectivity index (χ2n) is 5.11. The number of hydrogen-bond donors (Lipinski definition) is 1. The van der Waals surface area contributed by atoms with Crippen molar-refractivity contribution >= 4 is 11.3 Å². The Morgan fingerprint density at radius 2 is 2.24 bits per heavy atom. The molecule has 1 aliphatic carbocycles. The van der Waals surface area contributed by atoms with Crippen LogP contribution in [0, 0.1) is 0 Å². The summed E-state index contributed by atoms with van der Waals surface area (Å²) in [7, 11) is 2.27. The van der Waals surface area contributed by atoms with E-state index in [0.29, 0.717) is 6.04 Å². The molecule has 1 atom stereocenters. The Hall–Kier alpha value is -0.380. The van der Waals surface area contributed by atoms with E-state index < -0.39 is 0 Å². The van der Waals surface area contributed by atoms with Gasteiger partial charge < -0.3 is 10.2 Å². The molecule has 0 bridgehead atoms. The lowest BCUT2D eigenvalue weighted by molar-refractivity contribution is 0.243. The number of rotatable bonds is 6. The molecule has 1 unspecified atom stereocenters. The van der Waals surface area contributed by atoms with E-state index in [0.717, 1.165) is 12.6 Å². The number of likely N-dealkylation sites (N-methyl/N-ethyl adjacent to an activating group) is 1. The summed E-state index contributed by atoms with van der Waals surface area (Å²) in [5, 5.41) is 5.76. The largest absolute Gasteiger partial charge is 0.308 e. The first-order valence-corrected chi connectivity index (χ1v) is 7.62. The first kappa shape index (κ1) is 13.1. The van der Waals surface area contributed by atoms with Gasteiger partial charge in [-0.2, -0.15) is 0 Å². The van der Waals surface area contributed by atoms with E-state index in [-0.39, 0.29) is 0 Å². The van der Waals surface area contributed by atoms with Crippen molar-refractivity contribution in [3.05, 3.63) is 22.4 Å². The Bertz CT molecular complexity index is 304. The number of nitrogens with one attached hydrogen (secondary N) is 1. The molecule has 0 aromatic carbocycles. The maximum atomic E-state index is 3.61. The summed E-state index contributed by atoms with van der Waals surface area (Å²) in [6, 6.07) is 5.67. The maximum absolute atomic E-state index is 3.61. The minimum atomic E-state index is 0.493. The molecule has 1 heterocycles. The monoisotopic (exact) mass is 252 g/mol. The van der Waals surface area contributed by atoms with Gasteiger partial charge in [-0.15, -0.1) is 11.3 Å². The van der Waals surface area contributed by atoms with Gasteiger partial charge in [0.25, 0.3) is 0 Å². The van der Waals surface area contributed by atoms with Gasteiger partial charge in [0.05, 0.1) is 0 Å². The Morgan fingerprint density at radius 3 is 2.88 bits per heavy atom. The van der Waals surface area contributed by atoms with E-state index in [1.54, 1.807) is 0 Å². The Kier molecular flexibility index (Phi) is 5.01. The predicted molar refractivity (Wildman–Crippen MR) is 75.6 cm³/mol. The standard InChI is InChI=1S/C14H24N2S/c1-12(14-8-5-11-17-14)15-9-10-16(2)13-6-3-4-7-13/h5,8,11-13,15H,3-4,6-7,9-10H2,1-2H3. The number of thiophene rings is 1. The normalized spacial score (nSPS) is 19.0. The summed E-state index contributed by atoms with van der Waals surface area (Å²) in [5.41, 5.74) is 0. The summed E-state index contributed by atoms with van der Waals surface area (Å²) in [4.78, 5) is 3.97. The Balaban J connectivity index is 1.65. The smallest absolute Gasteiger partial charge is 0.0386 e. The van der Waals surface area contributed by atoms with E-state index in [4.69, 9.17) is 0 Å². The maximum Gasteiger partial charge on any atom is 0.0386 e. The van der Waals surface area contributed by atoms with Gasteiger partial charge in [0.2, 0.25) is 0 Å². The zero-order valence-corrected chi connectivity index (χ0v) is 11.8. The molecule has 1 saturated carbocycles. The molecular weight excluding hydrogens is 228 g/mol. The number of nitrogens with zero attached hydrogens (tertiary/aromatic N) is 1. The fourth-order valence-corrected chi connectivity index (χ4v) is 3.38. The molecule has 1 fully saturated rings. The molecule has 1 aromatic rings. The summed E-state index contributed by atoms with van der Waals surface area (Å²) >= 11 is 1.84. The molecule has 0 saturated heterocycles. The van der Waals surface area contributed by atoms with Crippen LogP contribution in [0.4, 0.5) is 0 Å². The van der Waals surface area contributed by atoms with Crippen molar-refractivity contribution < 1.29 is 0 Å². The van der Waals surface area contributed by atoms with Crippen LogP contribution in [0.15, 0.2) is 17.5 Å². The molecule has 1 N–H and O–H groups in total. The fraction of sp³-hybridized carbons (Fsp3) is 0.714. The SMILES string of the molecule is CC(NCCN(C)C1CCCC1)c1cccs1. The molecule has 2 rings (SSSR count). The fourth-order valence-electron chi connectivity index (χ4n) is 2.62. The van der Waals surface area contributed by atoms with Crippen LogP contribution in [0.1, 0.15) is 43.5 Å². The van der Waals surface area contributed by atoms with Crippen molar-refractivity contribution in [1.82, 2.24) is 10.2 Å². The van der Waals surface area contributed by atoms with E-state index in [1.807, 2.05) is 11.3 Å². The van der Waals surface area contributed by atoms with Crippen LogP contribution in [0.3, 0.4) is 0 Å². The van der Waals surface area contributed by atoms with Crippen molar-refractivity contribution in [2.45, 2.75) is 44.7 Å². The lowest BCUT2D eigenvalue weighted by Gasteiger charge is -2.24. The van der Waals surface area contributed by atoms with Gasteiger partial charge in [-0.25, -0.2) is 0 Å². The van der Waals surface area contributed by atoms with Crippen molar-refractivity contribution in [1.29, 1.82) is 0 Å². The highest BCUT2D eigenvalue weighted by atomic mass is 32.1. The molecule has 0 amide bonds. The summed E-state index contributed by atoms with van der Waals surface area (Å²) in [6.07, 6.45) is 5.65. The average Bonchev–Trinajstić information content (AvgIpc) is 3.02. The third-order valence-corrected chi connectivity index (χ3v) is 4.89. The molecule has 1 aromatic heterocycles. The average molecular weight is 252 g/mol. The van der Waals surface area contributed by atoms with Gasteiger partial charge in [0.15, 0.2) is 0 Å². The first-order valence-electron chi connectivity index (χ1n) is 6.74. The summed E-state index contributed by atoms with van der Waals surface area (Å²) in [5.74, 6) is 0. The van der Waals surface area contributed by atoms with Gasteiger partial charge in [-0.3, -0.25) is 0 Å². The highest BCUT2D eigenvalue weighted by Gasteiger charge is 2.18. The van der Waals surface area contributed by atoms with Crippen LogP contribution >= 0.6 is 11.3 Å². The molecule has 0 radical (unpaired) electrons. The van der Waals surface area contributed by atoms with Crippen molar-refractivity contribution in [3.63, 3.8) is 0 Å². The van der Waals surface area contributed by atoms with E-state index in [1.165, 1.54) is 37.1 Å². The van der Waals surface area contributed by atoms with Crippen molar-refractivity contribution in [3.8, 4) is 0 Å². The van der Waals surface area contributed by atoms with Gasteiger partial charge in [-0.05, 0) is 38.3 Å². The van der Waals surface area contributed by atoms with Crippen LogP contribution < -0.4 is 5.32 Å². The summed E-state index contributed by atoms with van der Waals surface area (Å²) in [6.45, 7) is 4.51. The molecule has 2 nitrogen and oxygen atoms in total. The van der Waals surface area contributed by atoms with Crippen LogP contribution in [0.5, 0.6) is 0 Å². The lowest BCUT2D eigenvalue weighted by Crippen LogP contribution is -2.36. The topological polar surface area (TPSA) is 15.3 Å². The van der Waals surface area contributed by atoms with Gasteiger partial charge in [0, 0.05) is 30.1 Å². The van der Waals surface area contributed by atoms with E-state index >= 15 is 0 Å². The van der Waals surface area contributed by atoms with Crippen LogP contribution in [-0.2, 0) is 0 Å². The second-order valence-corrected chi connectivity index (χ2v) is 6.09. The van der Waals surface area contributed by atoms with Crippen LogP contribution in [0.25, 0.3) is 0 Å². The third kappa shape index (κ3) is 3.80. The molecule has 3 heteroatoms. The van der Waals surface area contributed by atoms with Gasteiger partial charge in [-0.1, -0.05) is 18.9 Å². The molecule has 0 aliphatic heterocycles. The van der Waals surface area contributed by atoms with E-state index in [9.17, 15) is 0 Å². The molecule has 1 aliphatic rings. The van der Waals surface area contributed by atoms with Gasteiger partial charge in [0.1, 0.15) is 0 Å². The zero-order valence-electron chi connectivity index (χ0n) is 11.0. The molecule has 96 valence electrons. The number of hydrogen-bond acceptors (Lipinski definition) is 3. The van der Waals surface area contributed by atoms with Crippen LogP contribution in [-0.4, -0.2) is 31.1 Å². The molecular formula is C14H24N2S. The molecule has 17 heavy (non-hydrogen) atoms. The zero-order chi connectivity index (χ0) is 12.1. The Labute approximate surface area is 109 Å². The van der Waals surface area contributed by atoms with E-state index in [2.05, 4.69) is 41.7 Å². The highest BCUT2D eigenvalue weighted by molar-refractivity contribution is 7.10. The second kappa shape index (κ2) is 6.53. The van der Waals surface area contributed by atoms with Gasteiger partial charge >= 0.3 is 0 Å². The summed E-state index contributed by atoms with van der Waals surface area (Å²) < 4.78 is 0. The first-order chi connectivity index (χ1) is 8.27. The Morgan fingerprint density at radius 1 is 1.47 bits per heavy atom. The minimum absolute atomic E-state index is 0.493. The quantitative estimate of drug-likeness (QED) is 0.836. The van der Waals surface area contributed by atoms with Crippen molar-refractivity contribution in [2.24, 2.45) is 0 Å². The molecule has 0 spiro atoms. The van der Waals surface area contributed by atoms with Crippen molar-refractivity contribution in [2.75, 3.05) is 20.1 Å². The predicted octanol–water partition coefficient (Wildman–Crippen LogP) is 3.27. The lowest BCUT2D eigenvalue weighted by atomic mass is 10.2. The third-order valence-electron chi connectivity index (χ3n) is 3.83.